The lowest BCUT2D eigenvalue weighted by Crippen LogP contribution is -2.15. The van der Waals surface area contributed by atoms with Gasteiger partial charge in [-0.2, -0.15) is 9.97 Å². The Morgan fingerprint density at radius 2 is 1.82 bits per heavy atom. The summed E-state index contributed by atoms with van der Waals surface area (Å²) in [4.78, 5) is 12.9. The molecule has 0 saturated heterocycles. The van der Waals surface area contributed by atoms with Crippen LogP contribution in [0.4, 0.5) is 14.7 Å². The maximum atomic E-state index is 13.4. The second kappa shape index (κ2) is 6.77. The zero-order valence-corrected chi connectivity index (χ0v) is 13.2. The Balaban J connectivity index is 2.28. The fraction of sp³-hybridized carbons (Fsp3) is 0.438. The number of hydrogen-bond donors (Lipinski definition) is 1. The molecule has 0 aliphatic rings. The van der Waals surface area contributed by atoms with Crippen molar-refractivity contribution in [2.75, 3.05) is 5.32 Å². The topological polar surface area (TPSA) is 50.7 Å². The molecule has 0 saturated carbocycles. The number of rotatable bonds is 5. The van der Waals surface area contributed by atoms with Crippen molar-refractivity contribution in [1.29, 1.82) is 0 Å². The minimum Gasteiger partial charge on any atom is -0.347 e. The van der Waals surface area contributed by atoms with Gasteiger partial charge in [-0.3, -0.25) is 0 Å². The molecule has 1 N–H and O–H groups in total. The first-order valence-corrected chi connectivity index (χ1v) is 7.34. The van der Waals surface area contributed by atoms with Gasteiger partial charge in [-0.15, -0.1) is 0 Å². The minimum atomic E-state index is -0.854. The van der Waals surface area contributed by atoms with Gasteiger partial charge in [-0.25, -0.2) is 13.8 Å². The van der Waals surface area contributed by atoms with Gasteiger partial charge in [0.15, 0.2) is 11.6 Å². The third-order valence-electron chi connectivity index (χ3n) is 3.34. The van der Waals surface area contributed by atoms with Gasteiger partial charge in [0.1, 0.15) is 11.6 Å². The Morgan fingerprint density at radius 1 is 1.09 bits per heavy atom. The molecule has 0 amide bonds. The van der Waals surface area contributed by atoms with E-state index in [1.54, 1.807) is 13.0 Å². The largest absolute Gasteiger partial charge is 0.347 e. The predicted molar refractivity (Wildman–Crippen MR) is 81.7 cm³/mol. The van der Waals surface area contributed by atoms with Crippen molar-refractivity contribution in [2.45, 2.75) is 46.1 Å². The molecular weight excluding hydrogens is 286 g/mol. The van der Waals surface area contributed by atoms with Crippen LogP contribution in [0.3, 0.4) is 0 Å². The van der Waals surface area contributed by atoms with Crippen molar-refractivity contribution >= 4 is 5.95 Å². The van der Waals surface area contributed by atoms with Crippen molar-refractivity contribution in [3.8, 4) is 0 Å². The second-order valence-electron chi connectivity index (χ2n) is 5.50. The lowest BCUT2D eigenvalue weighted by atomic mass is 10.0. The number of aromatic nitrogens is 3. The monoisotopic (exact) mass is 306 g/mol. The molecule has 2 aromatic rings. The van der Waals surface area contributed by atoms with E-state index < -0.39 is 11.6 Å². The molecule has 1 aromatic heterocycles. The number of halogens is 2. The zero-order valence-electron chi connectivity index (χ0n) is 13.2. The highest BCUT2D eigenvalue weighted by atomic mass is 19.2. The lowest BCUT2D eigenvalue weighted by molar-refractivity contribution is 0.505. The van der Waals surface area contributed by atoms with Crippen LogP contribution >= 0.6 is 0 Å². The van der Waals surface area contributed by atoms with E-state index in [0.717, 1.165) is 6.07 Å². The van der Waals surface area contributed by atoms with Crippen LogP contribution in [0.15, 0.2) is 18.2 Å². The van der Waals surface area contributed by atoms with Crippen molar-refractivity contribution in [1.82, 2.24) is 15.0 Å². The molecule has 6 heteroatoms. The van der Waals surface area contributed by atoms with Crippen molar-refractivity contribution in [3.63, 3.8) is 0 Å². The fourth-order valence-corrected chi connectivity index (χ4v) is 2.13. The summed E-state index contributed by atoms with van der Waals surface area (Å²) >= 11 is 0. The van der Waals surface area contributed by atoms with Gasteiger partial charge < -0.3 is 5.32 Å². The summed E-state index contributed by atoms with van der Waals surface area (Å²) in [6.45, 7) is 7.77. The predicted octanol–water partition coefficient (Wildman–Crippen LogP) is 4.14. The van der Waals surface area contributed by atoms with E-state index in [1.165, 1.54) is 6.07 Å². The van der Waals surface area contributed by atoms with E-state index in [2.05, 4.69) is 20.3 Å². The highest BCUT2D eigenvalue weighted by Crippen LogP contribution is 2.23. The van der Waals surface area contributed by atoms with Crippen molar-refractivity contribution in [3.05, 3.63) is 47.0 Å². The maximum Gasteiger partial charge on any atom is 0.226 e. The Hall–Kier alpha value is -2.11. The number of benzene rings is 1. The molecule has 2 rings (SSSR count). The van der Waals surface area contributed by atoms with E-state index in [9.17, 15) is 8.78 Å². The van der Waals surface area contributed by atoms with E-state index in [-0.39, 0.29) is 12.0 Å². The van der Waals surface area contributed by atoms with Crippen LogP contribution in [0.5, 0.6) is 0 Å². The number of aryl methyl sites for hydroxylation is 1. The molecule has 4 nitrogen and oxygen atoms in total. The summed E-state index contributed by atoms with van der Waals surface area (Å²) in [7, 11) is 0. The number of nitrogens with one attached hydrogen (secondary N) is 1. The van der Waals surface area contributed by atoms with Gasteiger partial charge in [0.05, 0.1) is 6.04 Å². The molecule has 1 aromatic carbocycles. The summed E-state index contributed by atoms with van der Waals surface area (Å²) in [5.74, 6) is 0.263. The summed E-state index contributed by atoms with van der Waals surface area (Å²) in [5.41, 5.74) is 0.658. The molecule has 1 atom stereocenters. The lowest BCUT2D eigenvalue weighted by Gasteiger charge is -2.18. The van der Waals surface area contributed by atoms with Crippen LogP contribution in [0, 0.1) is 18.6 Å². The number of hydrogen-bond acceptors (Lipinski definition) is 4. The normalized spacial score (nSPS) is 12.5. The average Bonchev–Trinajstić information content (AvgIpc) is 2.47. The van der Waals surface area contributed by atoms with E-state index in [4.69, 9.17) is 0 Å². The Morgan fingerprint density at radius 3 is 2.41 bits per heavy atom. The zero-order chi connectivity index (χ0) is 16.3. The summed E-state index contributed by atoms with van der Waals surface area (Å²) < 4.78 is 26.5. The van der Waals surface area contributed by atoms with Crippen LogP contribution in [0.2, 0.25) is 0 Å². The highest BCUT2D eigenvalue weighted by molar-refractivity contribution is 5.33. The first-order chi connectivity index (χ1) is 10.4. The molecule has 1 heterocycles. The van der Waals surface area contributed by atoms with Crippen LogP contribution < -0.4 is 5.32 Å². The summed E-state index contributed by atoms with van der Waals surface area (Å²) in [6, 6.07) is 3.70. The van der Waals surface area contributed by atoms with Crippen LogP contribution in [0.25, 0.3) is 0 Å². The first kappa shape index (κ1) is 16.3. The molecule has 1 unspecified atom stereocenters. The van der Waals surface area contributed by atoms with E-state index >= 15 is 0 Å². The van der Waals surface area contributed by atoms with Crippen molar-refractivity contribution in [2.24, 2.45) is 0 Å². The van der Waals surface area contributed by atoms with Crippen LogP contribution in [0.1, 0.15) is 56.4 Å². The summed E-state index contributed by atoms with van der Waals surface area (Å²) in [5, 5.41) is 3.18. The van der Waals surface area contributed by atoms with Gasteiger partial charge in [-0.1, -0.05) is 26.8 Å². The van der Waals surface area contributed by atoms with Gasteiger partial charge in [0.25, 0.3) is 0 Å². The second-order valence-corrected chi connectivity index (χ2v) is 5.50. The van der Waals surface area contributed by atoms with E-state index in [0.29, 0.717) is 29.6 Å². The van der Waals surface area contributed by atoms with Crippen molar-refractivity contribution < 1.29 is 8.78 Å². The molecule has 0 spiro atoms. The van der Waals surface area contributed by atoms with E-state index in [1.807, 2.05) is 20.8 Å². The molecular formula is C16H20F2N4. The van der Waals surface area contributed by atoms with Gasteiger partial charge in [0, 0.05) is 5.92 Å². The smallest absolute Gasteiger partial charge is 0.226 e. The Labute approximate surface area is 129 Å². The molecule has 0 bridgehead atoms. The molecule has 22 heavy (non-hydrogen) atoms. The molecule has 0 aliphatic heterocycles. The van der Waals surface area contributed by atoms with Gasteiger partial charge in [-0.05, 0) is 31.0 Å². The molecule has 0 radical (unpaired) electrons. The van der Waals surface area contributed by atoms with Crippen LogP contribution in [-0.2, 0) is 0 Å². The first-order valence-electron chi connectivity index (χ1n) is 7.34. The molecule has 118 valence electrons. The number of nitrogens with zero attached hydrogens (tertiary/aromatic N) is 3. The maximum absolute atomic E-state index is 13.4. The summed E-state index contributed by atoms with van der Waals surface area (Å²) in [6.07, 6.45) is 0.687. The minimum absolute atomic E-state index is 0.186. The van der Waals surface area contributed by atoms with Gasteiger partial charge >= 0.3 is 0 Å². The third kappa shape index (κ3) is 3.75. The standard InChI is InChI=1S/C16H20F2N4/c1-5-14(11-6-7-12(17)13(18)8-11)21-16-20-10(4)19-15(22-16)9(2)3/h6-9,14H,5H2,1-4H3,(H,19,20,21,22). The Kier molecular flexibility index (Phi) is 5.00. The van der Waals surface area contributed by atoms with Crippen LogP contribution in [-0.4, -0.2) is 15.0 Å². The third-order valence-corrected chi connectivity index (χ3v) is 3.34. The highest BCUT2D eigenvalue weighted by Gasteiger charge is 2.15. The van der Waals surface area contributed by atoms with Gasteiger partial charge in [0.2, 0.25) is 5.95 Å². The quantitative estimate of drug-likeness (QED) is 0.901. The fourth-order valence-electron chi connectivity index (χ4n) is 2.13. The Bertz CT molecular complexity index is 659. The molecule has 0 fully saturated rings. The molecule has 0 aliphatic carbocycles. The average molecular weight is 306 g/mol. The SMILES string of the molecule is CCC(Nc1nc(C)nc(C(C)C)n1)c1ccc(F)c(F)c1. The number of anilines is 1.